The van der Waals surface area contributed by atoms with E-state index in [-0.39, 0.29) is 25.7 Å². The molecule has 2 unspecified atom stereocenters. The van der Waals surface area contributed by atoms with Crippen LogP contribution in [0.1, 0.15) is 311 Å². The molecule has 0 bridgehead atoms. The first-order valence-corrected chi connectivity index (χ1v) is 35.6. The highest BCUT2D eigenvalue weighted by Gasteiger charge is 2.30. The molecular weight excluding hydrogens is 1080 g/mol. The van der Waals surface area contributed by atoms with Crippen molar-refractivity contribution in [2.24, 2.45) is 5.92 Å². The van der Waals surface area contributed by atoms with Crippen molar-refractivity contribution >= 4 is 39.5 Å². The number of rotatable bonds is 62. The van der Waals surface area contributed by atoms with Crippen LogP contribution in [0.5, 0.6) is 0 Å². The van der Waals surface area contributed by atoms with Gasteiger partial charge in [-0.05, 0) is 31.6 Å². The zero-order valence-electron chi connectivity index (χ0n) is 51.9. The second-order valence-corrected chi connectivity index (χ2v) is 25.8. The number of esters is 4. The molecule has 3 N–H and O–H groups in total. The molecule has 0 heterocycles. The molecule has 0 aromatic carbocycles. The van der Waals surface area contributed by atoms with E-state index < -0.39 is 97.5 Å². The fraction of sp³-hybridized carbons (Fsp3) is 0.935. The highest BCUT2D eigenvalue weighted by molar-refractivity contribution is 7.47. The molecule has 5 atom stereocenters. The zero-order chi connectivity index (χ0) is 59.9. The van der Waals surface area contributed by atoms with Crippen molar-refractivity contribution in [3.63, 3.8) is 0 Å². The molecule has 0 saturated heterocycles. The zero-order valence-corrected chi connectivity index (χ0v) is 53.7. The topological polar surface area (TPSA) is 237 Å². The fourth-order valence-electron chi connectivity index (χ4n) is 9.23. The minimum absolute atomic E-state index is 0.104. The third-order valence-electron chi connectivity index (χ3n) is 14.3. The van der Waals surface area contributed by atoms with Crippen molar-refractivity contribution < 1.29 is 80.2 Å². The van der Waals surface area contributed by atoms with Gasteiger partial charge in [0, 0.05) is 25.7 Å². The van der Waals surface area contributed by atoms with Gasteiger partial charge in [0.2, 0.25) is 0 Å². The number of aliphatic hydroxyl groups is 1. The number of carbonyl (C=O) groups is 4. The van der Waals surface area contributed by atoms with Crippen LogP contribution < -0.4 is 0 Å². The first-order chi connectivity index (χ1) is 39.0. The third kappa shape index (κ3) is 56.9. The maximum atomic E-state index is 12.9. The smallest absolute Gasteiger partial charge is 0.462 e. The van der Waals surface area contributed by atoms with E-state index in [1.807, 2.05) is 0 Å². The van der Waals surface area contributed by atoms with Crippen LogP contribution in [-0.2, 0) is 65.4 Å². The summed E-state index contributed by atoms with van der Waals surface area (Å²) in [5.41, 5.74) is 0. The Morgan fingerprint density at radius 3 is 0.840 bits per heavy atom. The highest BCUT2D eigenvalue weighted by atomic mass is 31.2. The van der Waals surface area contributed by atoms with Gasteiger partial charge in [0.1, 0.15) is 19.3 Å². The van der Waals surface area contributed by atoms with Gasteiger partial charge in [-0.15, -0.1) is 0 Å². The lowest BCUT2D eigenvalue weighted by Gasteiger charge is -2.21. The summed E-state index contributed by atoms with van der Waals surface area (Å²) in [4.78, 5) is 71.7. The number of ether oxygens (including phenoxy) is 4. The Morgan fingerprint density at radius 1 is 0.333 bits per heavy atom. The maximum absolute atomic E-state index is 12.9. The lowest BCUT2D eigenvalue weighted by Crippen LogP contribution is -2.30. The average molecular weight is 1200 g/mol. The Labute approximate surface area is 492 Å². The molecule has 0 radical (unpaired) electrons. The summed E-state index contributed by atoms with van der Waals surface area (Å²) in [5, 5.41) is 10.5. The van der Waals surface area contributed by atoms with Crippen molar-refractivity contribution in [3.05, 3.63) is 0 Å². The number of hydrogen-bond acceptors (Lipinski definition) is 15. The largest absolute Gasteiger partial charge is 0.472 e. The van der Waals surface area contributed by atoms with E-state index in [4.69, 9.17) is 37.0 Å². The van der Waals surface area contributed by atoms with Gasteiger partial charge in [-0.2, -0.15) is 0 Å². The standard InChI is InChI=1S/C62H120O17P2/c1-6-9-12-15-17-19-20-21-22-23-24-25-26-27-28-29-31-38-43-48-62(67)79-58(52-73-60(65)46-41-36-33-32-35-39-44-55(4)5)54-77-81(70,71)75-50-56(63)49-74-80(68,69)76-53-57(51-72-59(64)45-40-34-14-11-8-3)78-61(66)47-42-37-30-18-16-13-10-7-2/h55-58,63H,6-54H2,1-5H3,(H,68,69)(H,70,71)/t56-,57+,58+/m0/s1. The molecule has 0 aliphatic carbocycles. The number of unbranched alkanes of at least 4 members (excludes halogenated alkanes) is 34. The highest BCUT2D eigenvalue weighted by Crippen LogP contribution is 2.45. The first-order valence-electron chi connectivity index (χ1n) is 32.6. The van der Waals surface area contributed by atoms with Crippen LogP contribution in [0.25, 0.3) is 0 Å². The second kappa shape index (κ2) is 55.9. The van der Waals surface area contributed by atoms with Gasteiger partial charge in [0.15, 0.2) is 12.2 Å². The molecule has 0 fully saturated rings. The summed E-state index contributed by atoms with van der Waals surface area (Å²) in [5.74, 6) is -1.47. The predicted molar refractivity (Wildman–Crippen MR) is 322 cm³/mol. The summed E-state index contributed by atoms with van der Waals surface area (Å²) in [6, 6.07) is 0. The molecule has 0 aromatic rings. The number of aliphatic hydroxyl groups excluding tert-OH is 1. The Bertz CT molecular complexity index is 1580. The van der Waals surface area contributed by atoms with Crippen LogP contribution in [0.2, 0.25) is 0 Å². The number of carbonyl (C=O) groups excluding carboxylic acids is 4. The van der Waals surface area contributed by atoms with E-state index in [2.05, 4.69) is 34.6 Å². The Balaban J connectivity index is 5.08. The lowest BCUT2D eigenvalue weighted by atomic mass is 10.0. The molecule has 0 aliphatic heterocycles. The van der Waals surface area contributed by atoms with Crippen LogP contribution in [-0.4, -0.2) is 96.7 Å². The summed E-state index contributed by atoms with van der Waals surface area (Å²) in [7, 11) is -9.87. The summed E-state index contributed by atoms with van der Waals surface area (Å²) in [6.07, 6.45) is 39.7. The van der Waals surface area contributed by atoms with Crippen molar-refractivity contribution in [3.8, 4) is 0 Å². The molecule has 0 aliphatic rings. The number of hydrogen-bond donors (Lipinski definition) is 3. The first kappa shape index (κ1) is 79.1. The molecule has 0 aromatic heterocycles. The minimum Gasteiger partial charge on any atom is -0.462 e. The van der Waals surface area contributed by atoms with Gasteiger partial charge in [-0.1, -0.05) is 259 Å². The summed E-state index contributed by atoms with van der Waals surface area (Å²) in [6.45, 7) is 6.98. The van der Waals surface area contributed by atoms with Gasteiger partial charge in [0.05, 0.1) is 26.4 Å². The lowest BCUT2D eigenvalue weighted by molar-refractivity contribution is -0.161. The molecule has 0 amide bonds. The van der Waals surface area contributed by atoms with Crippen LogP contribution in [0.15, 0.2) is 0 Å². The van der Waals surface area contributed by atoms with E-state index >= 15 is 0 Å². The summed E-state index contributed by atoms with van der Waals surface area (Å²) < 4.78 is 67.6. The molecule has 81 heavy (non-hydrogen) atoms. The predicted octanol–water partition coefficient (Wildman–Crippen LogP) is 17.0. The van der Waals surface area contributed by atoms with Gasteiger partial charge >= 0.3 is 39.5 Å². The van der Waals surface area contributed by atoms with Gasteiger partial charge < -0.3 is 33.8 Å². The van der Waals surface area contributed by atoms with E-state index in [0.29, 0.717) is 31.6 Å². The Morgan fingerprint density at radius 2 is 0.568 bits per heavy atom. The molecule has 0 rings (SSSR count). The second-order valence-electron chi connectivity index (χ2n) is 22.9. The average Bonchev–Trinajstić information content (AvgIpc) is 3.43. The molecule has 17 nitrogen and oxygen atoms in total. The molecule has 0 saturated carbocycles. The normalized spacial score (nSPS) is 14.3. The van der Waals surface area contributed by atoms with Crippen molar-refractivity contribution in [1.82, 2.24) is 0 Å². The van der Waals surface area contributed by atoms with E-state index in [0.717, 1.165) is 109 Å². The van der Waals surface area contributed by atoms with Crippen LogP contribution in [0, 0.1) is 5.92 Å². The molecule has 0 spiro atoms. The van der Waals surface area contributed by atoms with Crippen molar-refractivity contribution in [1.29, 1.82) is 0 Å². The van der Waals surface area contributed by atoms with Gasteiger partial charge in [-0.25, -0.2) is 9.13 Å². The Kier molecular flexibility index (Phi) is 54.6. The van der Waals surface area contributed by atoms with Crippen molar-refractivity contribution in [2.45, 2.75) is 329 Å². The van der Waals surface area contributed by atoms with E-state index in [1.165, 1.54) is 116 Å². The van der Waals surface area contributed by atoms with Crippen LogP contribution in [0.3, 0.4) is 0 Å². The SMILES string of the molecule is CCCCCCCCCCCCCCCCCCCCCC(=O)O[C@H](COC(=O)CCCCCCCCC(C)C)COP(=O)(O)OC[C@@H](O)COP(=O)(O)OC[C@@H](COC(=O)CCCCCCC)OC(=O)CCCCCCCCCC. The van der Waals surface area contributed by atoms with Crippen LogP contribution in [0.4, 0.5) is 0 Å². The maximum Gasteiger partial charge on any atom is 0.472 e. The quantitative estimate of drug-likeness (QED) is 0.0222. The summed E-state index contributed by atoms with van der Waals surface area (Å²) >= 11 is 0. The van der Waals surface area contributed by atoms with Crippen molar-refractivity contribution in [2.75, 3.05) is 39.6 Å². The monoisotopic (exact) mass is 1200 g/mol. The van der Waals surface area contributed by atoms with Crippen LogP contribution >= 0.6 is 15.6 Å². The molecular formula is C62H120O17P2. The number of phosphoric ester groups is 2. The fourth-order valence-corrected chi connectivity index (χ4v) is 10.8. The molecule has 480 valence electrons. The van der Waals surface area contributed by atoms with Gasteiger partial charge in [0.25, 0.3) is 0 Å². The van der Waals surface area contributed by atoms with Gasteiger partial charge in [-0.3, -0.25) is 37.3 Å². The number of phosphoric acid groups is 2. The molecule has 19 heteroatoms. The van der Waals surface area contributed by atoms with E-state index in [1.54, 1.807) is 0 Å². The Hall–Kier alpha value is -1.94. The van der Waals surface area contributed by atoms with E-state index in [9.17, 15) is 43.2 Å². The third-order valence-corrected chi connectivity index (χ3v) is 16.2. The minimum atomic E-state index is -4.94.